The number of hydrogen-bond acceptors (Lipinski definition) is 3. The Balaban J connectivity index is 2.74. The molecule has 0 aromatic heterocycles. The van der Waals surface area contributed by atoms with Gasteiger partial charge in [0.1, 0.15) is 6.61 Å². The van der Waals surface area contributed by atoms with Crippen LogP contribution in [0.15, 0.2) is 36.3 Å². The maximum absolute atomic E-state index is 8.89. The maximum Gasteiger partial charge on any atom is 0.161 e. The minimum absolute atomic E-state index is 0.0396. The normalized spacial score (nSPS) is 22.0. The van der Waals surface area contributed by atoms with E-state index < -0.39 is 0 Å². The summed E-state index contributed by atoms with van der Waals surface area (Å²) >= 11 is 0. The lowest BCUT2D eigenvalue weighted by Gasteiger charge is -2.25. The number of ether oxygens (including phenoxy) is 2. The molecule has 1 aliphatic rings. The van der Waals surface area contributed by atoms with Crippen LogP contribution in [-0.2, 0) is 9.47 Å². The Hall–Kier alpha value is -1.22. The van der Waals surface area contributed by atoms with E-state index in [1.807, 2.05) is 19.1 Å². The first-order valence-electron chi connectivity index (χ1n) is 4.75. The molecule has 0 aromatic carbocycles. The van der Waals surface area contributed by atoms with Crippen molar-refractivity contribution in [3.63, 3.8) is 0 Å². The Morgan fingerprint density at radius 2 is 2.36 bits per heavy atom. The number of allylic oxidation sites excluding steroid dienone is 3. The Morgan fingerprint density at radius 1 is 1.57 bits per heavy atom. The van der Waals surface area contributed by atoms with Gasteiger partial charge in [0, 0.05) is 0 Å². The molecule has 1 N–H and O–H groups in total. The van der Waals surface area contributed by atoms with Crippen LogP contribution in [-0.4, -0.2) is 24.4 Å². The van der Waals surface area contributed by atoms with Gasteiger partial charge in [-0.15, -0.1) is 0 Å². The molecule has 3 heteroatoms. The molecule has 0 aliphatic carbocycles. The zero-order valence-corrected chi connectivity index (χ0v) is 8.40. The molecule has 1 unspecified atom stereocenters. The van der Waals surface area contributed by atoms with Crippen molar-refractivity contribution in [2.45, 2.75) is 19.4 Å². The summed E-state index contributed by atoms with van der Waals surface area (Å²) in [6, 6.07) is 0. The summed E-state index contributed by atoms with van der Waals surface area (Å²) in [5, 5.41) is 8.89. The molecule has 14 heavy (non-hydrogen) atoms. The average Bonchev–Trinajstić information content (AvgIpc) is 2.26. The Labute approximate surface area is 84.3 Å². The first-order chi connectivity index (χ1) is 6.81. The van der Waals surface area contributed by atoms with Crippen LogP contribution in [0.1, 0.15) is 13.3 Å². The molecule has 0 amide bonds. The smallest absolute Gasteiger partial charge is 0.161 e. The standard InChI is InChI=1S/C11H16O3/c1-3-5-6-11-10(4-2)14-9(7-12)8-13-11/h4-6,9,12H,2-3,7-8H2,1H3/b6-5-. The van der Waals surface area contributed by atoms with Gasteiger partial charge in [0.25, 0.3) is 0 Å². The van der Waals surface area contributed by atoms with Crippen molar-refractivity contribution in [2.24, 2.45) is 0 Å². The van der Waals surface area contributed by atoms with E-state index in [1.54, 1.807) is 6.08 Å². The lowest BCUT2D eigenvalue weighted by atomic mass is 10.3. The van der Waals surface area contributed by atoms with Gasteiger partial charge in [0.2, 0.25) is 0 Å². The Morgan fingerprint density at radius 3 is 2.93 bits per heavy atom. The summed E-state index contributed by atoms with van der Waals surface area (Å²) in [6.45, 7) is 6.03. The van der Waals surface area contributed by atoms with E-state index in [9.17, 15) is 0 Å². The summed E-state index contributed by atoms with van der Waals surface area (Å²) in [6.07, 6.45) is 6.12. The van der Waals surface area contributed by atoms with Gasteiger partial charge in [-0.2, -0.15) is 0 Å². The molecule has 0 spiro atoms. The summed E-state index contributed by atoms with van der Waals surface area (Å²) in [5.41, 5.74) is 0. The molecule has 1 rings (SSSR count). The number of aliphatic hydroxyl groups excluding tert-OH is 1. The van der Waals surface area contributed by atoms with Crippen molar-refractivity contribution in [2.75, 3.05) is 13.2 Å². The minimum atomic E-state index is -0.276. The molecule has 0 bridgehead atoms. The third kappa shape index (κ3) is 2.64. The lowest BCUT2D eigenvalue weighted by Crippen LogP contribution is -2.27. The quantitative estimate of drug-likeness (QED) is 0.744. The van der Waals surface area contributed by atoms with Crippen LogP contribution in [0.4, 0.5) is 0 Å². The van der Waals surface area contributed by atoms with Gasteiger partial charge in [-0.3, -0.25) is 0 Å². The van der Waals surface area contributed by atoms with E-state index in [0.29, 0.717) is 18.1 Å². The topological polar surface area (TPSA) is 38.7 Å². The molecule has 78 valence electrons. The summed E-state index contributed by atoms with van der Waals surface area (Å²) < 4.78 is 10.9. The van der Waals surface area contributed by atoms with Gasteiger partial charge in [-0.05, 0) is 18.6 Å². The predicted molar refractivity (Wildman–Crippen MR) is 54.6 cm³/mol. The second-order valence-electron chi connectivity index (χ2n) is 2.98. The first kappa shape index (κ1) is 10.9. The first-order valence-corrected chi connectivity index (χ1v) is 4.75. The summed E-state index contributed by atoms with van der Waals surface area (Å²) in [7, 11) is 0. The maximum atomic E-state index is 8.89. The lowest BCUT2D eigenvalue weighted by molar-refractivity contribution is -0.0213. The van der Waals surface area contributed by atoms with Crippen LogP contribution in [0.3, 0.4) is 0 Å². The predicted octanol–water partition coefficient (Wildman–Crippen LogP) is 1.76. The molecular formula is C11H16O3. The van der Waals surface area contributed by atoms with Gasteiger partial charge in [-0.1, -0.05) is 19.6 Å². The second kappa shape index (κ2) is 5.50. The number of hydrogen-bond donors (Lipinski definition) is 1. The molecular weight excluding hydrogens is 180 g/mol. The van der Waals surface area contributed by atoms with Crippen LogP contribution < -0.4 is 0 Å². The largest absolute Gasteiger partial charge is 0.486 e. The highest BCUT2D eigenvalue weighted by Gasteiger charge is 2.19. The number of rotatable bonds is 4. The van der Waals surface area contributed by atoms with Crippen molar-refractivity contribution < 1.29 is 14.6 Å². The van der Waals surface area contributed by atoms with Gasteiger partial charge in [0.15, 0.2) is 17.6 Å². The van der Waals surface area contributed by atoms with E-state index in [4.69, 9.17) is 14.6 Å². The van der Waals surface area contributed by atoms with Crippen molar-refractivity contribution in [3.8, 4) is 0 Å². The third-order valence-electron chi connectivity index (χ3n) is 1.86. The summed E-state index contributed by atoms with van der Waals surface area (Å²) in [5.74, 6) is 1.28. The Kier molecular flexibility index (Phi) is 4.26. The van der Waals surface area contributed by atoms with Crippen LogP contribution in [0.2, 0.25) is 0 Å². The fourth-order valence-corrected chi connectivity index (χ4v) is 1.12. The van der Waals surface area contributed by atoms with Crippen LogP contribution >= 0.6 is 0 Å². The molecule has 1 atom stereocenters. The number of aliphatic hydroxyl groups is 1. The highest BCUT2D eigenvalue weighted by molar-refractivity contribution is 5.24. The van der Waals surface area contributed by atoms with E-state index in [1.165, 1.54) is 0 Å². The zero-order valence-electron chi connectivity index (χ0n) is 8.40. The molecule has 0 aromatic rings. The SMILES string of the molecule is C=CC1=C(/C=C\CC)OCC(CO)O1. The summed E-state index contributed by atoms with van der Waals surface area (Å²) in [4.78, 5) is 0. The van der Waals surface area contributed by atoms with Crippen molar-refractivity contribution >= 4 is 0 Å². The van der Waals surface area contributed by atoms with Gasteiger partial charge in [0.05, 0.1) is 6.61 Å². The molecule has 3 nitrogen and oxygen atoms in total. The highest BCUT2D eigenvalue weighted by Crippen LogP contribution is 2.19. The minimum Gasteiger partial charge on any atom is -0.486 e. The fourth-order valence-electron chi connectivity index (χ4n) is 1.12. The third-order valence-corrected chi connectivity index (χ3v) is 1.86. The second-order valence-corrected chi connectivity index (χ2v) is 2.98. The molecule has 1 aliphatic heterocycles. The average molecular weight is 196 g/mol. The van der Waals surface area contributed by atoms with Crippen molar-refractivity contribution in [1.82, 2.24) is 0 Å². The molecule has 0 saturated heterocycles. The van der Waals surface area contributed by atoms with Gasteiger partial charge >= 0.3 is 0 Å². The van der Waals surface area contributed by atoms with Crippen molar-refractivity contribution in [3.05, 3.63) is 36.3 Å². The van der Waals surface area contributed by atoms with E-state index in [2.05, 4.69) is 6.58 Å². The monoisotopic (exact) mass is 196 g/mol. The molecule has 0 saturated carbocycles. The molecule has 0 fully saturated rings. The van der Waals surface area contributed by atoms with E-state index in [0.717, 1.165) is 6.42 Å². The van der Waals surface area contributed by atoms with Gasteiger partial charge in [-0.25, -0.2) is 0 Å². The van der Waals surface area contributed by atoms with Crippen LogP contribution in [0.25, 0.3) is 0 Å². The zero-order chi connectivity index (χ0) is 10.4. The van der Waals surface area contributed by atoms with E-state index in [-0.39, 0.29) is 12.7 Å². The van der Waals surface area contributed by atoms with Crippen LogP contribution in [0.5, 0.6) is 0 Å². The fraction of sp³-hybridized carbons (Fsp3) is 0.455. The van der Waals surface area contributed by atoms with E-state index >= 15 is 0 Å². The van der Waals surface area contributed by atoms with Crippen LogP contribution in [0, 0.1) is 0 Å². The van der Waals surface area contributed by atoms with Gasteiger partial charge < -0.3 is 14.6 Å². The molecule has 0 radical (unpaired) electrons. The Bertz CT molecular complexity index is 253. The molecule has 1 heterocycles. The highest BCUT2D eigenvalue weighted by atomic mass is 16.6. The van der Waals surface area contributed by atoms with Crippen molar-refractivity contribution in [1.29, 1.82) is 0 Å².